The molecular weight excluding hydrogens is 392 g/mol. The van der Waals surface area contributed by atoms with E-state index in [1.807, 2.05) is 0 Å². The normalized spacial score (nSPS) is 15.2. The molecule has 9 heteroatoms. The molecule has 30 heavy (non-hydrogen) atoms. The quantitative estimate of drug-likeness (QED) is 0.552. The molecule has 4 amide bonds. The number of imide groups is 2. The average molecular weight is 410 g/mol. The summed E-state index contributed by atoms with van der Waals surface area (Å²) >= 11 is 0. The van der Waals surface area contributed by atoms with Crippen LogP contribution in [0.25, 0.3) is 6.08 Å². The number of carboxylic acids is 1. The Balaban J connectivity index is 1.78. The van der Waals surface area contributed by atoms with Crippen LogP contribution >= 0.6 is 0 Å². The molecule has 1 heterocycles. The minimum atomic E-state index is -1.01. The van der Waals surface area contributed by atoms with Crippen molar-refractivity contribution in [3.05, 3.63) is 64.7 Å². The number of nitrogens with one attached hydrogen (secondary N) is 1. The van der Waals surface area contributed by atoms with Gasteiger partial charge in [-0.05, 0) is 41.5 Å². The first-order chi connectivity index (χ1) is 14.3. The molecule has 9 nitrogen and oxygen atoms in total. The molecule has 2 N–H and O–H groups in total. The molecular formula is C21H18N2O7. The van der Waals surface area contributed by atoms with Crippen molar-refractivity contribution in [1.82, 2.24) is 10.2 Å². The molecule has 1 aliphatic heterocycles. The van der Waals surface area contributed by atoms with Crippen molar-refractivity contribution in [2.24, 2.45) is 0 Å². The number of aromatic carboxylic acids is 1. The summed E-state index contributed by atoms with van der Waals surface area (Å²) in [4.78, 5) is 47.4. The van der Waals surface area contributed by atoms with E-state index >= 15 is 0 Å². The van der Waals surface area contributed by atoms with Crippen LogP contribution in [0.3, 0.4) is 0 Å². The van der Waals surface area contributed by atoms with Crippen molar-refractivity contribution in [1.29, 1.82) is 0 Å². The van der Waals surface area contributed by atoms with Crippen molar-refractivity contribution < 1.29 is 33.8 Å². The van der Waals surface area contributed by atoms with Crippen LogP contribution in [-0.2, 0) is 16.2 Å². The number of benzene rings is 2. The van der Waals surface area contributed by atoms with Gasteiger partial charge in [-0.2, -0.15) is 0 Å². The number of methoxy groups -OCH3 is 1. The van der Waals surface area contributed by atoms with Crippen LogP contribution in [0, 0.1) is 0 Å². The fourth-order valence-corrected chi connectivity index (χ4v) is 2.71. The fraction of sp³-hybridized carbons (Fsp3) is 0.143. The number of hydrogen-bond acceptors (Lipinski definition) is 6. The van der Waals surface area contributed by atoms with Gasteiger partial charge in [-0.15, -0.1) is 0 Å². The molecule has 0 saturated carbocycles. The SMILES string of the molecule is COc1cc(C=C2C(=O)NC(=O)N(C)C2=O)ccc1OCc1ccc(C(=O)O)cc1. The van der Waals surface area contributed by atoms with Crippen molar-refractivity contribution in [2.75, 3.05) is 14.2 Å². The maximum atomic E-state index is 12.2. The molecule has 2 aromatic rings. The maximum Gasteiger partial charge on any atom is 0.335 e. The first-order valence-corrected chi connectivity index (χ1v) is 8.78. The number of nitrogens with zero attached hydrogens (tertiary/aromatic N) is 1. The Bertz CT molecular complexity index is 1060. The van der Waals surface area contributed by atoms with E-state index in [-0.39, 0.29) is 17.7 Å². The third-order valence-corrected chi connectivity index (χ3v) is 4.40. The number of urea groups is 1. The van der Waals surface area contributed by atoms with Crippen LogP contribution in [0.2, 0.25) is 0 Å². The van der Waals surface area contributed by atoms with Gasteiger partial charge in [-0.25, -0.2) is 9.59 Å². The largest absolute Gasteiger partial charge is 0.493 e. The highest BCUT2D eigenvalue weighted by Crippen LogP contribution is 2.30. The van der Waals surface area contributed by atoms with E-state index in [0.29, 0.717) is 17.1 Å². The zero-order valence-electron chi connectivity index (χ0n) is 16.2. The van der Waals surface area contributed by atoms with Crippen molar-refractivity contribution in [3.63, 3.8) is 0 Å². The molecule has 0 aliphatic carbocycles. The summed E-state index contributed by atoms with van der Waals surface area (Å²) in [6, 6.07) is 10.3. The number of carbonyl (C=O) groups is 4. The van der Waals surface area contributed by atoms with Gasteiger partial charge < -0.3 is 14.6 Å². The van der Waals surface area contributed by atoms with Crippen molar-refractivity contribution in [2.45, 2.75) is 6.61 Å². The fourth-order valence-electron chi connectivity index (χ4n) is 2.71. The van der Waals surface area contributed by atoms with Gasteiger partial charge in [0, 0.05) is 7.05 Å². The minimum absolute atomic E-state index is 0.175. The van der Waals surface area contributed by atoms with E-state index in [4.69, 9.17) is 14.6 Å². The van der Waals surface area contributed by atoms with Gasteiger partial charge in [0.15, 0.2) is 11.5 Å². The van der Waals surface area contributed by atoms with Crippen LogP contribution in [0.5, 0.6) is 11.5 Å². The number of likely N-dealkylation sites (N-methyl/N-ethyl adjacent to an activating group) is 1. The van der Waals surface area contributed by atoms with E-state index in [1.165, 1.54) is 32.4 Å². The van der Waals surface area contributed by atoms with Crippen LogP contribution < -0.4 is 14.8 Å². The Morgan fingerprint density at radius 1 is 1.10 bits per heavy atom. The first-order valence-electron chi connectivity index (χ1n) is 8.78. The lowest BCUT2D eigenvalue weighted by Gasteiger charge is -2.22. The number of rotatable bonds is 6. The smallest absolute Gasteiger partial charge is 0.335 e. The lowest BCUT2D eigenvalue weighted by atomic mass is 10.1. The molecule has 0 aromatic heterocycles. The van der Waals surface area contributed by atoms with E-state index in [0.717, 1.165) is 10.5 Å². The lowest BCUT2D eigenvalue weighted by molar-refractivity contribution is -0.129. The molecule has 1 saturated heterocycles. The van der Waals surface area contributed by atoms with Crippen LogP contribution in [-0.4, -0.2) is 48.0 Å². The molecule has 2 aromatic carbocycles. The van der Waals surface area contributed by atoms with Gasteiger partial charge in [0.05, 0.1) is 12.7 Å². The van der Waals surface area contributed by atoms with E-state index in [9.17, 15) is 19.2 Å². The Morgan fingerprint density at radius 2 is 1.80 bits per heavy atom. The van der Waals surface area contributed by atoms with Crippen LogP contribution in [0.1, 0.15) is 21.5 Å². The summed E-state index contributed by atoms with van der Waals surface area (Å²) in [5, 5.41) is 11.0. The predicted octanol–water partition coefficient (Wildman–Crippen LogP) is 2.06. The van der Waals surface area contributed by atoms with Gasteiger partial charge in [0.1, 0.15) is 12.2 Å². The van der Waals surface area contributed by atoms with Crippen LogP contribution in [0.15, 0.2) is 48.0 Å². The van der Waals surface area contributed by atoms with Crippen molar-refractivity contribution in [3.8, 4) is 11.5 Å². The van der Waals surface area contributed by atoms with E-state index < -0.39 is 23.8 Å². The first kappa shape index (κ1) is 20.6. The van der Waals surface area contributed by atoms with Crippen molar-refractivity contribution >= 4 is 29.9 Å². The summed E-state index contributed by atoms with van der Waals surface area (Å²) in [7, 11) is 2.73. The van der Waals surface area contributed by atoms with Gasteiger partial charge in [-0.1, -0.05) is 18.2 Å². The second-order valence-corrected chi connectivity index (χ2v) is 6.38. The molecule has 0 atom stereocenters. The Hall–Kier alpha value is -4.14. The number of barbiturate groups is 1. The van der Waals surface area contributed by atoms with Gasteiger partial charge >= 0.3 is 12.0 Å². The summed E-state index contributed by atoms with van der Waals surface area (Å²) in [6.07, 6.45) is 1.36. The molecule has 154 valence electrons. The highest BCUT2D eigenvalue weighted by molar-refractivity contribution is 6.30. The average Bonchev–Trinajstić information content (AvgIpc) is 2.74. The molecule has 1 fully saturated rings. The standard InChI is InChI=1S/C21H18N2O7/c1-23-19(25)15(18(24)22-21(23)28)9-13-5-8-16(17(10-13)29-2)30-11-12-3-6-14(7-4-12)20(26)27/h3-10H,11H2,1-2H3,(H,26,27)(H,22,24,28). The van der Waals surface area contributed by atoms with E-state index in [1.54, 1.807) is 30.3 Å². The Kier molecular flexibility index (Phi) is 5.82. The van der Waals surface area contributed by atoms with Crippen LogP contribution in [0.4, 0.5) is 4.79 Å². The molecule has 0 radical (unpaired) electrons. The summed E-state index contributed by atoms with van der Waals surface area (Å²) in [5.74, 6) is -1.68. The third kappa shape index (κ3) is 4.30. The summed E-state index contributed by atoms with van der Waals surface area (Å²) in [6.45, 7) is 0.185. The number of amides is 4. The number of carboxylic acid groups (broad SMARTS) is 1. The monoisotopic (exact) mass is 410 g/mol. The Morgan fingerprint density at radius 3 is 2.43 bits per heavy atom. The van der Waals surface area contributed by atoms with E-state index in [2.05, 4.69) is 5.32 Å². The van der Waals surface area contributed by atoms with Gasteiger partial charge in [0.25, 0.3) is 11.8 Å². The number of hydrogen-bond donors (Lipinski definition) is 2. The molecule has 0 bridgehead atoms. The second kappa shape index (κ2) is 8.48. The predicted molar refractivity (Wildman–Crippen MR) is 105 cm³/mol. The Labute approximate surface area is 171 Å². The molecule has 0 spiro atoms. The summed E-state index contributed by atoms with van der Waals surface area (Å²) in [5.41, 5.74) is 1.28. The maximum absolute atomic E-state index is 12.2. The third-order valence-electron chi connectivity index (χ3n) is 4.40. The zero-order chi connectivity index (χ0) is 21.8. The van der Waals surface area contributed by atoms with Gasteiger partial charge in [0.2, 0.25) is 0 Å². The second-order valence-electron chi connectivity index (χ2n) is 6.38. The minimum Gasteiger partial charge on any atom is -0.493 e. The highest BCUT2D eigenvalue weighted by Gasteiger charge is 2.33. The number of ether oxygens (including phenoxy) is 2. The highest BCUT2D eigenvalue weighted by atomic mass is 16.5. The molecule has 1 aliphatic rings. The zero-order valence-corrected chi connectivity index (χ0v) is 16.2. The lowest BCUT2D eigenvalue weighted by Crippen LogP contribution is -2.52. The topological polar surface area (TPSA) is 122 Å². The molecule has 0 unspecified atom stereocenters. The van der Waals surface area contributed by atoms with Gasteiger partial charge in [-0.3, -0.25) is 19.8 Å². The number of carbonyl (C=O) groups excluding carboxylic acids is 3. The summed E-state index contributed by atoms with van der Waals surface area (Å²) < 4.78 is 11.1. The molecule has 3 rings (SSSR count).